The summed E-state index contributed by atoms with van der Waals surface area (Å²) in [5.41, 5.74) is 4.88. The second kappa shape index (κ2) is 6.30. The van der Waals surface area contributed by atoms with Crippen molar-refractivity contribution in [3.63, 3.8) is 0 Å². The monoisotopic (exact) mass is 358 g/mol. The molecule has 9 heteroatoms. The number of hydrogen-bond acceptors (Lipinski definition) is 8. The van der Waals surface area contributed by atoms with Crippen LogP contribution < -0.4 is 0 Å². The Kier molecular flexibility index (Phi) is 3.82. The van der Waals surface area contributed by atoms with E-state index in [4.69, 9.17) is 9.26 Å². The van der Waals surface area contributed by atoms with Gasteiger partial charge in [0.1, 0.15) is 5.69 Å². The SMILES string of the molecule is c1nc(-c2noc(C3CCc4nnn(C5CCOCC5)c4C3)n2)cs1. The van der Waals surface area contributed by atoms with Gasteiger partial charge in [0.05, 0.1) is 22.9 Å². The first-order valence-electron chi connectivity index (χ1n) is 8.61. The molecule has 25 heavy (non-hydrogen) atoms. The van der Waals surface area contributed by atoms with Crippen molar-refractivity contribution in [2.75, 3.05) is 13.2 Å². The van der Waals surface area contributed by atoms with E-state index in [0.29, 0.717) is 17.8 Å². The lowest BCUT2D eigenvalue weighted by Gasteiger charge is -2.26. The van der Waals surface area contributed by atoms with E-state index in [0.717, 1.165) is 56.7 Å². The minimum atomic E-state index is 0.212. The van der Waals surface area contributed by atoms with E-state index in [1.165, 1.54) is 17.0 Å². The number of nitrogens with zero attached hydrogens (tertiary/aromatic N) is 6. The lowest BCUT2D eigenvalue weighted by molar-refractivity contribution is 0.0647. The van der Waals surface area contributed by atoms with E-state index in [2.05, 4.69) is 30.1 Å². The quantitative estimate of drug-likeness (QED) is 0.710. The van der Waals surface area contributed by atoms with Crippen molar-refractivity contribution in [2.24, 2.45) is 0 Å². The molecule has 0 spiro atoms. The van der Waals surface area contributed by atoms with Crippen LogP contribution in [-0.2, 0) is 17.6 Å². The van der Waals surface area contributed by atoms with Crippen molar-refractivity contribution in [3.05, 3.63) is 28.2 Å². The molecule has 4 heterocycles. The Hall–Kier alpha value is -2.13. The molecule has 3 aromatic rings. The van der Waals surface area contributed by atoms with Gasteiger partial charge in [-0.2, -0.15) is 4.98 Å². The Morgan fingerprint density at radius 2 is 2.12 bits per heavy atom. The molecule has 1 saturated heterocycles. The molecule has 0 bridgehead atoms. The second-order valence-electron chi connectivity index (χ2n) is 6.54. The maximum absolute atomic E-state index is 5.54. The van der Waals surface area contributed by atoms with Gasteiger partial charge in [0.25, 0.3) is 0 Å². The fraction of sp³-hybridized carbons (Fsp3) is 0.562. The van der Waals surface area contributed by atoms with Crippen LogP contribution in [-0.4, -0.2) is 43.3 Å². The lowest BCUT2D eigenvalue weighted by Crippen LogP contribution is -2.24. The van der Waals surface area contributed by atoms with Crippen molar-refractivity contribution in [2.45, 2.75) is 44.1 Å². The van der Waals surface area contributed by atoms with Gasteiger partial charge in [-0.1, -0.05) is 10.4 Å². The van der Waals surface area contributed by atoms with Crippen LogP contribution in [0.1, 0.15) is 48.5 Å². The molecular formula is C16H18N6O2S. The zero-order valence-electron chi connectivity index (χ0n) is 13.7. The van der Waals surface area contributed by atoms with Crippen LogP contribution in [0.2, 0.25) is 0 Å². The first-order valence-corrected chi connectivity index (χ1v) is 9.55. The van der Waals surface area contributed by atoms with Gasteiger partial charge in [-0.3, -0.25) is 0 Å². The second-order valence-corrected chi connectivity index (χ2v) is 7.26. The number of hydrogen-bond donors (Lipinski definition) is 0. The smallest absolute Gasteiger partial charge is 0.230 e. The fourth-order valence-electron chi connectivity index (χ4n) is 3.66. The van der Waals surface area contributed by atoms with Gasteiger partial charge in [0, 0.05) is 30.9 Å². The van der Waals surface area contributed by atoms with E-state index in [9.17, 15) is 0 Å². The molecule has 0 N–H and O–H groups in total. The minimum absolute atomic E-state index is 0.212. The van der Waals surface area contributed by atoms with Gasteiger partial charge >= 0.3 is 0 Å². The van der Waals surface area contributed by atoms with Gasteiger partial charge in [-0.05, 0) is 25.7 Å². The highest BCUT2D eigenvalue weighted by Crippen LogP contribution is 2.34. The summed E-state index contributed by atoms with van der Waals surface area (Å²) in [7, 11) is 0. The van der Waals surface area contributed by atoms with E-state index in [-0.39, 0.29) is 5.92 Å². The number of aryl methyl sites for hydroxylation is 1. The molecule has 1 unspecified atom stereocenters. The predicted molar refractivity (Wildman–Crippen MR) is 89.3 cm³/mol. The third kappa shape index (κ3) is 2.77. The van der Waals surface area contributed by atoms with Crippen LogP contribution in [0.15, 0.2) is 15.4 Å². The van der Waals surface area contributed by atoms with Crippen molar-refractivity contribution in [3.8, 4) is 11.5 Å². The molecule has 1 aliphatic carbocycles. The Labute approximate surface area is 148 Å². The van der Waals surface area contributed by atoms with Crippen molar-refractivity contribution >= 4 is 11.3 Å². The van der Waals surface area contributed by atoms with Crippen molar-refractivity contribution in [1.29, 1.82) is 0 Å². The molecule has 130 valence electrons. The average molecular weight is 358 g/mol. The van der Waals surface area contributed by atoms with E-state index < -0.39 is 0 Å². The van der Waals surface area contributed by atoms with Crippen LogP contribution in [0.25, 0.3) is 11.5 Å². The Morgan fingerprint density at radius 3 is 2.96 bits per heavy atom. The molecule has 2 aliphatic rings. The van der Waals surface area contributed by atoms with E-state index in [1.807, 2.05) is 5.38 Å². The van der Waals surface area contributed by atoms with Gasteiger partial charge in [0.2, 0.25) is 11.7 Å². The van der Waals surface area contributed by atoms with Crippen LogP contribution in [0.4, 0.5) is 0 Å². The topological polar surface area (TPSA) is 91.8 Å². The summed E-state index contributed by atoms with van der Waals surface area (Å²) >= 11 is 1.53. The molecule has 8 nitrogen and oxygen atoms in total. The highest BCUT2D eigenvalue weighted by Gasteiger charge is 2.31. The number of ether oxygens (including phenoxy) is 1. The largest absolute Gasteiger partial charge is 0.381 e. The summed E-state index contributed by atoms with van der Waals surface area (Å²) in [6.07, 6.45) is 4.69. The molecule has 3 aromatic heterocycles. The van der Waals surface area contributed by atoms with Crippen LogP contribution in [0.3, 0.4) is 0 Å². The number of rotatable bonds is 3. The first kappa shape index (κ1) is 15.2. The molecule has 1 fully saturated rings. The molecule has 1 atom stereocenters. The molecule has 0 amide bonds. The Bertz CT molecular complexity index is 852. The summed E-state index contributed by atoms with van der Waals surface area (Å²) in [6.45, 7) is 1.59. The zero-order chi connectivity index (χ0) is 16.6. The van der Waals surface area contributed by atoms with Crippen LogP contribution in [0, 0.1) is 0 Å². The Morgan fingerprint density at radius 1 is 1.20 bits per heavy atom. The zero-order valence-corrected chi connectivity index (χ0v) is 14.5. The van der Waals surface area contributed by atoms with Gasteiger partial charge in [-0.25, -0.2) is 9.67 Å². The van der Waals surface area contributed by atoms with Gasteiger partial charge in [-0.15, -0.1) is 16.4 Å². The maximum Gasteiger partial charge on any atom is 0.230 e. The first-order chi connectivity index (χ1) is 12.4. The highest BCUT2D eigenvalue weighted by molar-refractivity contribution is 7.07. The summed E-state index contributed by atoms with van der Waals surface area (Å²) in [5, 5.41) is 14.9. The predicted octanol–water partition coefficient (Wildman–Crippen LogP) is 2.41. The minimum Gasteiger partial charge on any atom is -0.381 e. The van der Waals surface area contributed by atoms with Gasteiger partial charge < -0.3 is 9.26 Å². The van der Waals surface area contributed by atoms with Crippen LogP contribution in [0.5, 0.6) is 0 Å². The Balaban J connectivity index is 1.39. The summed E-state index contributed by atoms with van der Waals surface area (Å²) < 4.78 is 13.1. The van der Waals surface area contributed by atoms with Crippen molar-refractivity contribution in [1.82, 2.24) is 30.1 Å². The molecule has 1 aliphatic heterocycles. The summed E-state index contributed by atoms with van der Waals surface area (Å²) in [5.74, 6) is 1.47. The third-order valence-corrected chi connectivity index (χ3v) is 5.62. The van der Waals surface area contributed by atoms with Crippen molar-refractivity contribution < 1.29 is 9.26 Å². The summed E-state index contributed by atoms with van der Waals surface area (Å²) in [4.78, 5) is 8.82. The van der Waals surface area contributed by atoms with Crippen LogP contribution >= 0.6 is 11.3 Å². The lowest BCUT2D eigenvalue weighted by atomic mass is 9.89. The summed E-state index contributed by atoms with van der Waals surface area (Å²) in [6, 6.07) is 0.386. The standard InChI is InChI=1S/C16H18N6O2S/c1-2-12-14(22(21-19-12)11-3-5-23-6-4-11)7-10(1)16-18-15(20-24-16)13-8-25-9-17-13/h8-11H,1-7H2. The molecule has 5 rings (SSSR count). The molecule has 0 radical (unpaired) electrons. The molecular weight excluding hydrogens is 340 g/mol. The molecule has 0 saturated carbocycles. The fourth-order valence-corrected chi connectivity index (χ4v) is 4.19. The molecule has 0 aromatic carbocycles. The van der Waals surface area contributed by atoms with E-state index >= 15 is 0 Å². The third-order valence-electron chi connectivity index (χ3n) is 5.03. The maximum atomic E-state index is 5.54. The highest BCUT2D eigenvalue weighted by atomic mass is 32.1. The van der Waals surface area contributed by atoms with E-state index in [1.54, 1.807) is 5.51 Å². The van der Waals surface area contributed by atoms with Gasteiger partial charge in [0.15, 0.2) is 0 Å². The average Bonchev–Trinajstić information content (AvgIpc) is 3.40. The number of fused-ring (bicyclic) bond motifs is 1. The number of aromatic nitrogens is 6. The normalized spacial score (nSPS) is 21.4. The number of thiazole rings is 1.